The van der Waals surface area contributed by atoms with E-state index in [0.717, 1.165) is 42.4 Å². The Balaban J connectivity index is 1.51. The molecule has 0 aromatic rings. The maximum absolute atomic E-state index is 10.9. The fourth-order valence-corrected chi connectivity index (χ4v) is 8.43. The predicted molar refractivity (Wildman–Crippen MR) is 128 cm³/mol. The second-order valence-corrected chi connectivity index (χ2v) is 12.4. The largest absolute Gasteiger partial charge is 0.464 e. The first-order chi connectivity index (χ1) is 14.7. The van der Waals surface area contributed by atoms with E-state index in [1.54, 1.807) is 5.57 Å². The van der Waals surface area contributed by atoms with E-state index in [2.05, 4.69) is 59.8 Å². The average Bonchev–Trinajstić information content (AvgIpc) is 3.09. The number of carbonyl (C=O) groups excluding carboxylic acids is 1. The van der Waals surface area contributed by atoms with Gasteiger partial charge in [-0.25, -0.2) is 0 Å². The molecule has 0 aromatic carbocycles. The van der Waals surface area contributed by atoms with Gasteiger partial charge in [-0.2, -0.15) is 0 Å². The Morgan fingerprint density at radius 2 is 1.77 bits per heavy atom. The number of carbonyl (C=O) groups is 1. The van der Waals surface area contributed by atoms with Crippen molar-refractivity contribution in [3.63, 3.8) is 0 Å². The summed E-state index contributed by atoms with van der Waals surface area (Å²) in [6.45, 7) is 15.4. The van der Waals surface area contributed by atoms with Crippen LogP contribution in [-0.4, -0.2) is 12.6 Å². The molecular formula is C29H46O2. The fourth-order valence-electron chi connectivity index (χ4n) is 8.43. The Morgan fingerprint density at radius 1 is 1.00 bits per heavy atom. The fraction of sp³-hybridized carbons (Fsp3) is 0.828. The summed E-state index contributed by atoms with van der Waals surface area (Å²) in [4.78, 5) is 10.9. The first-order valence-corrected chi connectivity index (χ1v) is 13.2. The third-order valence-electron chi connectivity index (χ3n) is 10.8. The van der Waals surface area contributed by atoms with Crippen LogP contribution in [0.3, 0.4) is 0 Å². The second-order valence-electron chi connectivity index (χ2n) is 12.4. The van der Waals surface area contributed by atoms with Crippen molar-refractivity contribution in [1.29, 1.82) is 0 Å². The number of hydrogen-bond acceptors (Lipinski definition) is 2. The molecule has 0 radical (unpaired) electrons. The van der Waals surface area contributed by atoms with Crippen LogP contribution < -0.4 is 0 Å². The van der Waals surface area contributed by atoms with Gasteiger partial charge in [0.15, 0.2) is 0 Å². The highest BCUT2D eigenvalue weighted by Crippen LogP contribution is 2.67. The zero-order chi connectivity index (χ0) is 22.4. The monoisotopic (exact) mass is 426 g/mol. The molecule has 0 amide bonds. The van der Waals surface area contributed by atoms with Crippen molar-refractivity contribution in [1.82, 2.24) is 0 Å². The van der Waals surface area contributed by atoms with E-state index in [4.69, 9.17) is 4.74 Å². The Morgan fingerprint density at radius 3 is 2.48 bits per heavy atom. The Hall–Kier alpha value is -1.05. The average molecular weight is 427 g/mol. The molecule has 0 spiro atoms. The van der Waals surface area contributed by atoms with Gasteiger partial charge in [-0.15, -0.1) is 0 Å². The van der Waals surface area contributed by atoms with E-state index in [1.165, 1.54) is 38.5 Å². The van der Waals surface area contributed by atoms with Gasteiger partial charge in [0.2, 0.25) is 0 Å². The lowest BCUT2D eigenvalue weighted by Crippen LogP contribution is -2.50. The molecule has 0 N–H and O–H groups in total. The lowest BCUT2D eigenvalue weighted by atomic mass is 9.47. The van der Waals surface area contributed by atoms with Crippen molar-refractivity contribution < 1.29 is 9.53 Å². The van der Waals surface area contributed by atoms with Gasteiger partial charge in [-0.3, -0.25) is 4.79 Å². The van der Waals surface area contributed by atoms with Crippen molar-refractivity contribution >= 4 is 6.47 Å². The summed E-state index contributed by atoms with van der Waals surface area (Å²) in [5, 5.41) is 0. The van der Waals surface area contributed by atoms with E-state index < -0.39 is 0 Å². The van der Waals surface area contributed by atoms with Gasteiger partial charge in [-0.05, 0) is 97.2 Å². The van der Waals surface area contributed by atoms with Crippen molar-refractivity contribution in [2.24, 2.45) is 52.3 Å². The molecule has 2 heteroatoms. The van der Waals surface area contributed by atoms with Gasteiger partial charge in [0, 0.05) is 6.42 Å². The summed E-state index contributed by atoms with van der Waals surface area (Å²) in [6, 6.07) is 0. The summed E-state index contributed by atoms with van der Waals surface area (Å²) in [5.41, 5.74) is 2.44. The third kappa shape index (κ3) is 3.95. The number of fused-ring (bicyclic) bond motifs is 5. The zero-order valence-electron chi connectivity index (χ0n) is 20.9. The summed E-state index contributed by atoms with van der Waals surface area (Å²) < 4.78 is 5.37. The Kier molecular flexibility index (Phi) is 6.50. The van der Waals surface area contributed by atoms with E-state index >= 15 is 0 Å². The van der Waals surface area contributed by atoms with Crippen molar-refractivity contribution in [2.45, 2.75) is 99.0 Å². The van der Waals surface area contributed by atoms with Crippen molar-refractivity contribution in [2.75, 3.05) is 0 Å². The van der Waals surface area contributed by atoms with Gasteiger partial charge in [0.1, 0.15) is 6.10 Å². The van der Waals surface area contributed by atoms with Gasteiger partial charge in [0.25, 0.3) is 6.47 Å². The van der Waals surface area contributed by atoms with Crippen molar-refractivity contribution in [3.05, 3.63) is 23.8 Å². The maximum atomic E-state index is 10.9. The van der Waals surface area contributed by atoms with Crippen LogP contribution in [0.4, 0.5) is 0 Å². The van der Waals surface area contributed by atoms with E-state index in [1.807, 2.05) is 0 Å². The topological polar surface area (TPSA) is 26.3 Å². The van der Waals surface area contributed by atoms with Crippen LogP contribution in [-0.2, 0) is 9.53 Å². The van der Waals surface area contributed by atoms with Crippen LogP contribution in [0.25, 0.3) is 0 Å². The molecule has 0 bridgehead atoms. The maximum Gasteiger partial charge on any atom is 0.293 e. The molecule has 9 atom stereocenters. The minimum Gasteiger partial charge on any atom is -0.464 e. The van der Waals surface area contributed by atoms with Gasteiger partial charge in [0.05, 0.1) is 0 Å². The van der Waals surface area contributed by atoms with Crippen LogP contribution in [0.15, 0.2) is 23.8 Å². The lowest BCUT2D eigenvalue weighted by molar-refractivity contribution is -0.136. The minimum atomic E-state index is 0.110. The summed E-state index contributed by atoms with van der Waals surface area (Å²) in [6.07, 6.45) is 17.8. The first-order valence-electron chi connectivity index (χ1n) is 13.2. The van der Waals surface area contributed by atoms with Crippen LogP contribution in [0.5, 0.6) is 0 Å². The van der Waals surface area contributed by atoms with E-state index in [-0.39, 0.29) is 6.10 Å². The third-order valence-corrected chi connectivity index (χ3v) is 10.8. The standard InChI is InChI=1S/C29H46O2/c1-19(2)20(3)7-8-21(4)25-11-12-26-24-10-9-22-17-23(31-18-30)13-15-28(22,5)27(24)14-16-29(25,26)6/h7-9,18-21,23-27H,10-17H2,1-6H3/b8-7+/t20?,21?,23-,24?,25?,26?,27?,28-,29+/m0/s1. The minimum absolute atomic E-state index is 0.110. The Bertz CT molecular complexity index is 720. The number of ether oxygens (including phenoxy) is 1. The molecule has 4 rings (SSSR count). The molecule has 4 aliphatic carbocycles. The molecule has 0 saturated heterocycles. The molecule has 2 nitrogen and oxygen atoms in total. The zero-order valence-corrected chi connectivity index (χ0v) is 20.9. The Labute approximate surface area is 191 Å². The predicted octanol–water partition coefficient (Wildman–Crippen LogP) is 7.59. The number of allylic oxidation sites excluding steroid dienone is 3. The van der Waals surface area contributed by atoms with E-state index in [9.17, 15) is 4.79 Å². The van der Waals surface area contributed by atoms with Gasteiger partial charge in [-0.1, -0.05) is 65.3 Å². The van der Waals surface area contributed by atoms with Crippen LogP contribution in [0.2, 0.25) is 0 Å². The van der Waals surface area contributed by atoms with Crippen LogP contribution in [0, 0.1) is 52.3 Å². The second kappa shape index (κ2) is 8.71. The number of hydrogen-bond donors (Lipinski definition) is 0. The smallest absolute Gasteiger partial charge is 0.293 e. The normalized spacial score (nSPS) is 44.2. The summed E-state index contributed by atoms with van der Waals surface area (Å²) in [5.74, 6) is 5.48. The van der Waals surface area contributed by atoms with E-state index in [0.29, 0.717) is 29.1 Å². The van der Waals surface area contributed by atoms with Gasteiger partial charge < -0.3 is 4.74 Å². The number of rotatable bonds is 6. The van der Waals surface area contributed by atoms with Crippen molar-refractivity contribution in [3.8, 4) is 0 Å². The molecule has 31 heavy (non-hydrogen) atoms. The lowest BCUT2D eigenvalue weighted by Gasteiger charge is -2.58. The van der Waals surface area contributed by atoms with Crippen LogP contribution >= 0.6 is 0 Å². The molecule has 4 aliphatic rings. The molecular weight excluding hydrogens is 380 g/mol. The van der Waals surface area contributed by atoms with Crippen LogP contribution in [0.1, 0.15) is 92.9 Å². The highest BCUT2D eigenvalue weighted by Gasteiger charge is 2.59. The molecule has 3 saturated carbocycles. The molecule has 0 aliphatic heterocycles. The molecule has 174 valence electrons. The van der Waals surface area contributed by atoms with Gasteiger partial charge >= 0.3 is 0 Å². The highest BCUT2D eigenvalue weighted by atomic mass is 16.5. The molecule has 0 heterocycles. The summed E-state index contributed by atoms with van der Waals surface area (Å²) >= 11 is 0. The molecule has 0 aromatic heterocycles. The first kappa shape index (κ1) is 23.1. The molecule has 6 unspecified atom stereocenters. The SMILES string of the molecule is CC(C)C(C)/C=C/C(C)C1CCC2C3CC=C4C[C@@H](OC=O)CC[C@]4(C)C3CC[C@]12C. The summed E-state index contributed by atoms with van der Waals surface area (Å²) in [7, 11) is 0. The quantitative estimate of drug-likeness (QED) is 0.323. The highest BCUT2D eigenvalue weighted by molar-refractivity contribution is 5.38. The molecule has 3 fully saturated rings.